The lowest BCUT2D eigenvalue weighted by atomic mass is 10.1. The number of nitrogens with two attached hydrogens (primary N) is 1. The normalized spacial score (nSPS) is 10.5. The van der Waals surface area contributed by atoms with Gasteiger partial charge in [0.25, 0.3) is 0 Å². The van der Waals surface area contributed by atoms with Gasteiger partial charge in [0.2, 0.25) is 0 Å². The van der Waals surface area contributed by atoms with E-state index in [4.69, 9.17) is 10.5 Å². The molecule has 1 aromatic rings. The van der Waals surface area contributed by atoms with Crippen molar-refractivity contribution >= 4 is 34.0 Å². The van der Waals surface area contributed by atoms with Gasteiger partial charge >= 0.3 is 11.9 Å². The van der Waals surface area contributed by atoms with E-state index in [1.54, 1.807) is 0 Å². The number of rotatable bonds is 7. The van der Waals surface area contributed by atoms with E-state index in [1.807, 2.05) is 0 Å². The third-order valence-corrected chi connectivity index (χ3v) is 4.09. The molecule has 6 nitrogen and oxygen atoms in total. The fourth-order valence-electron chi connectivity index (χ4n) is 1.83. The fraction of sp³-hybridized carbons (Fsp3) is 0.571. The summed E-state index contributed by atoms with van der Waals surface area (Å²) in [6.45, 7) is 5.00. The number of anilines is 2. The summed E-state index contributed by atoms with van der Waals surface area (Å²) in [4.78, 5) is 23.7. The van der Waals surface area contributed by atoms with Gasteiger partial charge in [0.15, 0.2) is 0 Å². The van der Waals surface area contributed by atoms with Crippen LogP contribution in [0.25, 0.3) is 0 Å². The van der Waals surface area contributed by atoms with Gasteiger partial charge in [0, 0.05) is 6.54 Å². The second-order valence-corrected chi connectivity index (χ2v) is 6.02. The summed E-state index contributed by atoms with van der Waals surface area (Å²) in [5.74, 6) is -0.506. The number of methoxy groups -OCH3 is 2. The van der Waals surface area contributed by atoms with Crippen LogP contribution in [0.4, 0.5) is 10.7 Å². The van der Waals surface area contributed by atoms with Gasteiger partial charge in [0.05, 0.1) is 19.9 Å². The van der Waals surface area contributed by atoms with Gasteiger partial charge in [0.1, 0.15) is 15.4 Å². The Morgan fingerprint density at radius 3 is 2.38 bits per heavy atom. The first-order valence-electron chi connectivity index (χ1n) is 6.75. The lowest BCUT2D eigenvalue weighted by Gasteiger charge is -2.08. The maximum atomic E-state index is 11.8. The van der Waals surface area contributed by atoms with Crippen LogP contribution in [0.3, 0.4) is 0 Å². The van der Waals surface area contributed by atoms with Crippen molar-refractivity contribution in [2.45, 2.75) is 26.7 Å². The van der Waals surface area contributed by atoms with E-state index < -0.39 is 11.9 Å². The van der Waals surface area contributed by atoms with Crippen molar-refractivity contribution < 1.29 is 19.1 Å². The van der Waals surface area contributed by atoms with Crippen molar-refractivity contribution in [1.82, 2.24) is 0 Å². The highest BCUT2D eigenvalue weighted by atomic mass is 32.1. The highest BCUT2D eigenvalue weighted by Crippen LogP contribution is 2.36. The first-order chi connectivity index (χ1) is 9.92. The Labute approximate surface area is 128 Å². The molecule has 0 aliphatic heterocycles. The van der Waals surface area contributed by atoms with E-state index >= 15 is 0 Å². The molecule has 0 bridgehead atoms. The largest absolute Gasteiger partial charge is 0.465 e. The maximum Gasteiger partial charge on any atom is 0.350 e. The van der Waals surface area contributed by atoms with Crippen LogP contribution in [-0.2, 0) is 9.47 Å². The molecule has 1 aromatic heterocycles. The average molecular weight is 314 g/mol. The van der Waals surface area contributed by atoms with E-state index in [0.717, 1.165) is 24.2 Å². The molecule has 7 heteroatoms. The van der Waals surface area contributed by atoms with Gasteiger partial charge in [-0.05, 0) is 18.8 Å². The highest BCUT2D eigenvalue weighted by Gasteiger charge is 2.26. The first-order valence-corrected chi connectivity index (χ1v) is 7.56. The van der Waals surface area contributed by atoms with Crippen LogP contribution in [0.2, 0.25) is 0 Å². The molecule has 0 radical (unpaired) electrons. The van der Waals surface area contributed by atoms with Gasteiger partial charge in [-0.15, -0.1) is 11.3 Å². The minimum absolute atomic E-state index is 0.102. The summed E-state index contributed by atoms with van der Waals surface area (Å²) in [5, 5.41) is 3.70. The second-order valence-electron chi connectivity index (χ2n) is 5.00. The Kier molecular flexibility index (Phi) is 6.48. The summed E-state index contributed by atoms with van der Waals surface area (Å²) in [6.07, 6.45) is 2.04. The molecule has 0 fully saturated rings. The van der Waals surface area contributed by atoms with Crippen LogP contribution in [0, 0.1) is 5.92 Å². The lowest BCUT2D eigenvalue weighted by Crippen LogP contribution is -2.10. The molecule has 1 rings (SSSR count). The van der Waals surface area contributed by atoms with E-state index in [9.17, 15) is 9.59 Å². The molecule has 1 heterocycles. The van der Waals surface area contributed by atoms with Crippen molar-refractivity contribution in [1.29, 1.82) is 0 Å². The predicted molar refractivity (Wildman–Crippen MR) is 84.0 cm³/mol. The van der Waals surface area contributed by atoms with Crippen molar-refractivity contribution in [2.75, 3.05) is 31.8 Å². The molecule has 0 unspecified atom stereocenters. The van der Waals surface area contributed by atoms with Crippen LogP contribution in [0.5, 0.6) is 0 Å². The Morgan fingerprint density at radius 1 is 1.24 bits per heavy atom. The number of esters is 2. The van der Waals surface area contributed by atoms with Gasteiger partial charge < -0.3 is 20.5 Å². The Balaban J connectivity index is 2.95. The number of carbonyl (C=O) groups excluding carboxylic acids is 2. The predicted octanol–water partition coefficient (Wildman–Crippen LogP) is 2.75. The molecule has 0 saturated carbocycles. The van der Waals surface area contributed by atoms with E-state index in [2.05, 4.69) is 23.9 Å². The molecule has 0 spiro atoms. The van der Waals surface area contributed by atoms with Crippen LogP contribution >= 0.6 is 11.3 Å². The minimum atomic E-state index is -0.565. The molecular formula is C14H22N2O4S. The molecule has 0 saturated heterocycles. The molecule has 21 heavy (non-hydrogen) atoms. The lowest BCUT2D eigenvalue weighted by molar-refractivity contribution is 0.0602. The molecule has 3 N–H and O–H groups in total. The molecular weight excluding hydrogens is 292 g/mol. The minimum Gasteiger partial charge on any atom is -0.465 e. The van der Waals surface area contributed by atoms with Gasteiger partial charge in [-0.1, -0.05) is 13.8 Å². The Hall–Kier alpha value is -1.76. The number of hydrogen-bond acceptors (Lipinski definition) is 7. The number of carbonyl (C=O) groups is 2. The van der Waals surface area contributed by atoms with E-state index in [-0.39, 0.29) is 16.1 Å². The molecule has 0 amide bonds. The first kappa shape index (κ1) is 17.3. The highest BCUT2D eigenvalue weighted by molar-refractivity contribution is 7.19. The van der Waals surface area contributed by atoms with Crippen LogP contribution in [0.1, 0.15) is 46.7 Å². The third kappa shape index (κ3) is 4.35. The fourth-order valence-corrected chi connectivity index (χ4v) is 2.88. The van der Waals surface area contributed by atoms with Crippen LogP contribution in [-0.4, -0.2) is 32.7 Å². The van der Waals surface area contributed by atoms with Crippen LogP contribution < -0.4 is 11.1 Å². The molecule has 0 aliphatic carbocycles. The zero-order valence-electron chi connectivity index (χ0n) is 12.8. The average Bonchev–Trinajstić information content (AvgIpc) is 2.78. The summed E-state index contributed by atoms with van der Waals surface area (Å²) >= 11 is 1.11. The molecule has 118 valence electrons. The quantitative estimate of drug-likeness (QED) is 0.594. The molecule has 0 atom stereocenters. The van der Waals surface area contributed by atoms with Crippen molar-refractivity contribution in [3.63, 3.8) is 0 Å². The zero-order valence-corrected chi connectivity index (χ0v) is 13.6. The monoisotopic (exact) mass is 314 g/mol. The number of nitrogens with one attached hydrogen (secondary N) is 1. The van der Waals surface area contributed by atoms with Crippen molar-refractivity contribution in [2.24, 2.45) is 5.92 Å². The topological polar surface area (TPSA) is 90.6 Å². The smallest absolute Gasteiger partial charge is 0.350 e. The third-order valence-electron chi connectivity index (χ3n) is 2.95. The van der Waals surface area contributed by atoms with Gasteiger partial charge in [-0.2, -0.15) is 0 Å². The molecule has 0 aliphatic rings. The van der Waals surface area contributed by atoms with E-state index in [1.165, 1.54) is 14.2 Å². The summed E-state index contributed by atoms with van der Waals surface area (Å²) in [6, 6.07) is 0. The zero-order chi connectivity index (χ0) is 16.0. The Bertz CT molecular complexity index is 511. The number of ether oxygens (including phenoxy) is 2. The number of thiophene rings is 1. The van der Waals surface area contributed by atoms with Gasteiger partial charge in [-0.3, -0.25) is 0 Å². The summed E-state index contributed by atoms with van der Waals surface area (Å²) in [7, 11) is 2.55. The molecule has 0 aromatic carbocycles. The summed E-state index contributed by atoms with van der Waals surface area (Å²) < 4.78 is 9.39. The van der Waals surface area contributed by atoms with Crippen molar-refractivity contribution in [3.8, 4) is 0 Å². The SMILES string of the molecule is COC(=O)c1sc(NCCCC(C)C)c(C(=O)OC)c1N. The maximum absolute atomic E-state index is 11.8. The van der Waals surface area contributed by atoms with Gasteiger partial charge in [-0.25, -0.2) is 9.59 Å². The van der Waals surface area contributed by atoms with Crippen LogP contribution in [0.15, 0.2) is 0 Å². The van der Waals surface area contributed by atoms with Crippen molar-refractivity contribution in [3.05, 3.63) is 10.4 Å². The second kappa shape index (κ2) is 7.87. The standard InChI is InChI=1S/C14H22N2O4S/c1-8(2)6-5-7-16-12-9(13(17)19-3)10(15)11(21-12)14(18)20-4/h8,16H,5-7,15H2,1-4H3. The summed E-state index contributed by atoms with van der Waals surface area (Å²) in [5.41, 5.74) is 6.18. The Morgan fingerprint density at radius 2 is 1.86 bits per heavy atom. The number of nitrogen functional groups attached to an aromatic ring is 1. The number of hydrogen-bond donors (Lipinski definition) is 2. The van der Waals surface area contributed by atoms with E-state index in [0.29, 0.717) is 17.5 Å².